The maximum Gasteiger partial charge on any atom is 0.268 e. The number of hydrogen-bond acceptors (Lipinski definition) is 2. The number of benzene rings is 7. The smallest absolute Gasteiger partial charge is 0.268 e. The molecule has 5 nitrogen and oxygen atoms in total. The van der Waals surface area contributed by atoms with Crippen molar-refractivity contribution >= 4 is 43.8 Å². The van der Waals surface area contributed by atoms with Gasteiger partial charge in [-0.25, -0.2) is 4.98 Å². The van der Waals surface area contributed by atoms with E-state index in [1.54, 1.807) is 6.26 Å². The molecule has 0 aliphatic heterocycles. The Morgan fingerprint density at radius 1 is 0.607 bits per heavy atom. The Kier molecular flexibility index (Phi) is 9.65. The fourth-order valence-corrected chi connectivity index (χ4v) is 8.89. The van der Waals surface area contributed by atoms with Gasteiger partial charge in [0, 0.05) is 32.8 Å². The molecular formula is C55H40N4OPt-2. The van der Waals surface area contributed by atoms with Gasteiger partial charge >= 0.3 is 0 Å². The van der Waals surface area contributed by atoms with Crippen LogP contribution >= 0.6 is 0 Å². The summed E-state index contributed by atoms with van der Waals surface area (Å²) in [5, 5.41) is 3.25. The zero-order chi connectivity index (χ0) is 40.4. The molecule has 0 aliphatic carbocycles. The van der Waals surface area contributed by atoms with Crippen molar-refractivity contribution in [3.8, 4) is 39.4 Å². The number of aromatic nitrogens is 4. The van der Waals surface area contributed by atoms with Gasteiger partial charge in [0.1, 0.15) is 11.4 Å². The van der Waals surface area contributed by atoms with Crippen LogP contribution in [0.15, 0.2) is 181 Å². The maximum absolute atomic E-state index is 5.78. The molecule has 6 heteroatoms. The van der Waals surface area contributed by atoms with Crippen molar-refractivity contribution < 1.29 is 30.0 Å². The molecule has 0 spiro atoms. The first kappa shape index (κ1) is 38.4. The minimum absolute atomic E-state index is 0. The number of furan rings is 1. The molecule has 0 bridgehead atoms. The summed E-state index contributed by atoms with van der Waals surface area (Å²) in [5.74, 6) is 0.830. The normalized spacial score (nSPS) is 11.8. The van der Waals surface area contributed by atoms with Crippen LogP contribution < -0.4 is 4.57 Å². The van der Waals surface area contributed by atoms with Gasteiger partial charge in [-0.2, -0.15) is 53.6 Å². The number of para-hydroxylation sites is 4. The van der Waals surface area contributed by atoms with Crippen LogP contribution in [0.5, 0.6) is 0 Å². The Labute approximate surface area is 369 Å². The van der Waals surface area contributed by atoms with Crippen molar-refractivity contribution in [1.29, 1.82) is 0 Å². The summed E-state index contributed by atoms with van der Waals surface area (Å²) in [5.41, 5.74) is 15.0. The summed E-state index contributed by atoms with van der Waals surface area (Å²) < 4.78 is 12.4. The van der Waals surface area contributed by atoms with E-state index in [1.165, 1.54) is 11.1 Å². The van der Waals surface area contributed by atoms with Gasteiger partial charge < -0.3 is 13.6 Å². The van der Waals surface area contributed by atoms with Crippen LogP contribution in [0.3, 0.4) is 0 Å². The third-order valence-corrected chi connectivity index (χ3v) is 11.6. The van der Waals surface area contributed by atoms with E-state index >= 15 is 0 Å². The predicted octanol–water partition coefficient (Wildman–Crippen LogP) is 12.8. The molecule has 0 amide bonds. The van der Waals surface area contributed by atoms with Crippen LogP contribution in [-0.4, -0.2) is 14.1 Å². The van der Waals surface area contributed by atoms with E-state index in [0.717, 1.165) is 88.8 Å². The van der Waals surface area contributed by atoms with E-state index in [-0.39, 0.29) is 26.5 Å². The molecule has 0 N–H and O–H groups in total. The Morgan fingerprint density at radius 2 is 1.33 bits per heavy atom. The third-order valence-electron chi connectivity index (χ3n) is 11.6. The van der Waals surface area contributed by atoms with Gasteiger partial charge in [0.15, 0.2) is 0 Å². The molecule has 0 saturated carbocycles. The Hall–Kier alpha value is -6.81. The average Bonchev–Trinajstić information content (AvgIpc) is 4.01. The van der Waals surface area contributed by atoms with Gasteiger partial charge in [-0.3, -0.25) is 4.57 Å². The Morgan fingerprint density at radius 3 is 2.20 bits per heavy atom. The molecule has 4 aromatic heterocycles. The van der Waals surface area contributed by atoms with Crippen molar-refractivity contribution in [2.45, 2.75) is 32.6 Å². The first-order valence-corrected chi connectivity index (χ1v) is 20.4. The maximum atomic E-state index is 5.78. The monoisotopic (exact) mass is 967 g/mol. The number of hydrogen-bond donors (Lipinski definition) is 0. The van der Waals surface area contributed by atoms with Crippen LogP contribution in [0, 0.1) is 18.5 Å². The molecule has 0 fully saturated rings. The first-order valence-electron chi connectivity index (χ1n) is 20.4. The van der Waals surface area contributed by atoms with Gasteiger partial charge in [0.2, 0.25) is 0 Å². The van der Waals surface area contributed by atoms with Crippen molar-refractivity contribution in [2.75, 3.05) is 0 Å². The van der Waals surface area contributed by atoms with E-state index in [0.29, 0.717) is 6.42 Å². The quantitative estimate of drug-likeness (QED) is 0.118. The van der Waals surface area contributed by atoms with E-state index < -0.39 is 0 Å². The molecule has 0 saturated heterocycles. The van der Waals surface area contributed by atoms with Crippen LogP contribution in [0.25, 0.3) is 83.3 Å². The summed E-state index contributed by atoms with van der Waals surface area (Å²) in [4.78, 5) is 4.86. The minimum atomic E-state index is -0.0579. The summed E-state index contributed by atoms with van der Waals surface area (Å²) in [6.45, 7) is 6.86. The van der Waals surface area contributed by atoms with Crippen LogP contribution in [0.1, 0.15) is 37.5 Å². The Bertz CT molecular complexity index is 3400. The second kappa shape index (κ2) is 15.3. The molecular weight excluding hydrogens is 928 g/mol. The van der Waals surface area contributed by atoms with Gasteiger partial charge in [-0.05, 0) is 68.9 Å². The molecule has 0 aliphatic rings. The summed E-state index contributed by atoms with van der Waals surface area (Å²) in [7, 11) is 0. The topological polar surface area (TPSA) is 39.8 Å². The molecule has 0 atom stereocenters. The predicted molar refractivity (Wildman–Crippen MR) is 242 cm³/mol. The van der Waals surface area contributed by atoms with E-state index in [2.05, 4.69) is 205 Å². The molecule has 298 valence electrons. The standard InChI is InChI=1S/C55H40N4O.Pt/c1-55(2,3)47-23-9-7-19-42(47)45-22-14-21-41(39-16-5-4-6-17-39)53(45)58-36-57(49-25-11-12-26-50(49)58)40-18-13-15-37(34-40)33-38-27-28-44-43-20-8-10-24-48(43)59(51(44)35-38)54-46-30-32-60-52(46)29-31-56-54;/h4-32H,33H2,1-3H3;/q-2;. The largest absolute Gasteiger partial charge is 0.464 e. The van der Waals surface area contributed by atoms with E-state index in [9.17, 15) is 0 Å². The molecule has 7 aromatic carbocycles. The third kappa shape index (κ3) is 6.61. The minimum Gasteiger partial charge on any atom is -0.464 e. The van der Waals surface area contributed by atoms with Crippen LogP contribution in [-0.2, 0) is 32.9 Å². The van der Waals surface area contributed by atoms with Crippen molar-refractivity contribution in [1.82, 2.24) is 14.1 Å². The first-order chi connectivity index (χ1) is 29.4. The van der Waals surface area contributed by atoms with Crippen molar-refractivity contribution in [3.63, 3.8) is 0 Å². The van der Waals surface area contributed by atoms with Gasteiger partial charge in [-0.15, -0.1) is 5.39 Å². The van der Waals surface area contributed by atoms with Gasteiger partial charge in [0.05, 0.1) is 28.4 Å². The van der Waals surface area contributed by atoms with Crippen LogP contribution in [0.4, 0.5) is 0 Å². The number of imidazole rings is 1. The number of rotatable bonds is 7. The molecule has 11 aromatic rings. The van der Waals surface area contributed by atoms with Gasteiger partial charge in [-0.1, -0.05) is 142 Å². The number of pyridine rings is 1. The second-order valence-electron chi connectivity index (χ2n) is 16.4. The summed E-state index contributed by atoms with van der Waals surface area (Å²) in [6, 6.07) is 65.5. The fourth-order valence-electron chi connectivity index (χ4n) is 8.89. The van der Waals surface area contributed by atoms with Crippen molar-refractivity contribution in [3.05, 3.63) is 211 Å². The van der Waals surface area contributed by atoms with Gasteiger partial charge in [0.25, 0.3) is 6.33 Å². The van der Waals surface area contributed by atoms with E-state index in [1.807, 2.05) is 18.3 Å². The van der Waals surface area contributed by atoms with E-state index in [4.69, 9.17) is 9.40 Å². The Balaban J connectivity index is 0.00000445. The fraction of sp³-hybridized carbons (Fsp3) is 0.0909. The average molecular weight is 968 g/mol. The molecule has 0 unspecified atom stereocenters. The van der Waals surface area contributed by atoms with Crippen LogP contribution in [0.2, 0.25) is 0 Å². The molecule has 61 heavy (non-hydrogen) atoms. The number of fused-ring (bicyclic) bond motifs is 5. The summed E-state index contributed by atoms with van der Waals surface area (Å²) >= 11 is 0. The molecule has 0 radical (unpaired) electrons. The molecule has 4 heterocycles. The summed E-state index contributed by atoms with van der Waals surface area (Å²) in [6.07, 6.45) is 8.03. The van der Waals surface area contributed by atoms with Crippen molar-refractivity contribution in [2.24, 2.45) is 0 Å². The molecule has 11 rings (SSSR count). The number of nitrogens with zero attached hydrogens (tertiary/aromatic N) is 4. The zero-order valence-electron chi connectivity index (χ0n) is 34.0. The SMILES string of the molecule is CC(C)(C)c1ccccc1-c1cccc(-c2ccccc2)c1-[n+]1[c-]n(-c2[c-]c(Cc3[c-]c4c(cc3)c3ccccc3n4-c3nccc4occc34)ccc2)c2ccccc21.[Pt]. The second-order valence-corrected chi connectivity index (χ2v) is 16.4. The zero-order valence-corrected chi connectivity index (χ0v) is 36.2.